The van der Waals surface area contributed by atoms with Crippen molar-refractivity contribution in [1.82, 2.24) is 25.2 Å². The number of nitrogens with zero attached hydrogens (tertiary/aromatic N) is 4. The Labute approximate surface area is 292 Å². The molecule has 1 aliphatic heterocycles. The van der Waals surface area contributed by atoms with Gasteiger partial charge in [0.25, 0.3) is 0 Å². The summed E-state index contributed by atoms with van der Waals surface area (Å²) in [6, 6.07) is 14.7. The van der Waals surface area contributed by atoms with Crippen LogP contribution >= 0.6 is 11.3 Å². The topological polar surface area (TPSA) is 135 Å². The molecule has 0 bridgehead atoms. The zero-order valence-electron chi connectivity index (χ0n) is 28.8. The quantitative estimate of drug-likeness (QED) is 0.150. The lowest BCUT2D eigenvalue weighted by atomic mass is 9.96. The highest BCUT2D eigenvalue weighted by Crippen LogP contribution is 2.27. The Bertz CT molecular complexity index is 1720. The van der Waals surface area contributed by atoms with Crippen LogP contribution in [0.25, 0.3) is 22.5 Å². The summed E-state index contributed by atoms with van der Waals surface area (Å²) in [4.78, 5) is 53.2. The van der Waals surface area contributed by atoms with Gasteiger partial charge >= 0.3 is 5.97 Å². The van der Waals surface area contributed by atoms with Crippen molar-refractivity contribution in [3.63, 3.8) is 0 Å². The van der Waals surface area contributed by atoms with Crippen molar-refractivity contribution in [2.75, 3.05) is 19.7 Å². The zero-order chi connectivity index (χ0) is 35.1. The molecule has 0 saturated carbocycles. The summed E-state index contributed by atoms with van der Waals surface area (Å²) < 4.78 is 5.86. The number of carbonyl (C=O) groups excluding carboxylic acids is 2. The highest BCUT2D eigenvalue weighted by atomic mass is 32.1. The van der Waals surface area contributed by atoms with E-state index in [2.05, 4.69) is 54.9 Å². The second kappa shape index (κ2) is 15.7. The maximum Gasteiger partial charge on any atom is 0.310 e. The van der Waals surface area contributed by atoms with Crippen molar-refractivity contribution >= 4 is 29.1 Å². The van der Waals surface area contributed by atoms with Gasteiger partial charge < -0.3 is 20.1 Å². The largest absolute Gasteiger partial charge is 0.494 e. The highest BCUT2D eigenvalue weighted by Gasteiger charge is 2.38. The number of benzene rings is 2. The van der Waals surface area contributed by atoms with Gasteiger partial charge in [0.05, 0.1) is 29.6 Å². The van der Waals surface area contributed by atoms with Crippen LogP contribution in [0.15, 0.2) is 66.3 Å². The van der Waals surface area contributed by atoms with Crippen molar-refractivity contribution in [3.8, 4) is 28.3 Å². The van der Waals surface area contributed by atoms with Gasteiger partial charge in [0, 0.05) is 53.8 Å². The molecular weight excluding hydrogens is 639 g/mol. The monoisotopic (exact) mass is 683 g/mol. The average molecular weight is 684 g/mol. The van der Waals surface area contributed by atoms with Crippen molar-refractivity contribution in [2.24, 2.45) is 11.8 Å². The Morgan fingerprint density at radius 3 is 2.22 bits per heavy atom. The fraction of sp³-hybridized carbons (Fsp3) is 0.421. The SMILES string of the molecule is CC(C)CCCOc1ccc(-c2cnc(-c3ccc(C[C@H](NC(=O)Cc4csc(C(C)(C)C)n4)C(=O)N4CC(C(=O)O)C4)cc3)nc2)cc1. The maximum atomic E-state index is 13.4. The number of aromatic nitrogens is 3. The second-order valence-electron chi connectivity index (χ2n) is 14.1. The summed E-state index contributed by atoms with van der Waals surface area (Å²) in [6.45, 7) is 11.6. The molecule has 49 heavy (non-hydrogen) atoms. The van der Waals surface area contributed by atoms with E-state index >= 15 is 0 Å². The molecule has 1 aliphatic rings. The molecule has 0 spiro atoms. The number of hydrogen-bond donors (Lipinski definition) is 2. The van der Waals surface area contributed by atoms with Crippen LogP contribution in [0.3, 0.4) is 0 Å². The fourth-order valence-electron chi connectivity index (χ4n) is 5.45. The zero-order valence-corrected chi connectivity index (χ0v) is 29.6. The molecule has 2 aromatic heterocycles. The van der Waals surface area contributed by atoms with Gasteiger partial charge in [0.2, 0.25) is 11.8 Å². The summed E-state index contributed by atoms with van der Waals surface area (Å²) in [6.07, 6.45) is 6.07. The summed E-state index contributed by atoms with van der Waals surface area (Å²) in [5, 5.41) is 15.0. The van der Waals surface area contributed by atoms with Crippen LogP contribution in [0.5, 0.6) is 5.75 Å². The lowest BCUT2D eigenvalue weighted by molar-refractivity contribution is -0.154. The van der Waals surface area contributed by atoms with Gasteiger partial charge in [0.15, 0.2) is 5.82 Å². The predicted octanol–water partition coefficient (Wildman–Crippen LogP) is 6.19. The second-order valence-corrected chi connectivity index (χ2v) is 14.9. The molecule has 1 saturated heterocycles. The summed E-state index contributed by atoms with van der Waals surface area (Å²) in [5.74, 6) is -0.0413. The van der Waals surface area contributed by atoms with E-state index in [1.165, 1.54) is 16.2 Å². The first kappa shape index (κ1) is 35.7. The first-order chi connectivity index (χ1) is 23.4. The summed E-state index contributed by atoms with van der Waals surface area (Å²) in [7, 11) is 0. The lowest BCUT2D eigenvalue weighted by Gasteiger charge is -2.39. The number of rotatable bonds is 14. The molecule has 3 heterocycles. The smallest absolute Gasteiger partial charge is 0.310 e. The fourth-order valence-corrected chi connectivity index (χ4v) is 6.36. The molecule has 2 amide bonds. The minimum atomic E-state index is -0.927. The van der Waals surface area contributed by atoms with Crippen LogP contribution in [0.2, 0.25) is 0 Å². The van der Waals surface area contributed by atoms with Gasteiger partial charge in [0.1, 0.15) is 11.8 Å². The Balaban J connectivity index is 1.22. The number of hydrogen-bond acceptors (Lipinski definition) is 8. The van der Waals surface area contributed by atoms with E-state index < -0.39 is 17.9 Å². The van der Waals surface area contributed by atoms with E-state index in [1.54, 1.807) is 12.4 Å². The molecule has 0 unspecified atom stereocenters. The molecule has 0 radical (unpaired) electrons. The maximum absolute atomic E-state index is 13.4. The predicted molar refractivity (Wildman–Crippen MR) is 190 cm³/mol. The number of carboxylic acids is 1. The molecule has 11 heteroatoms. The number of likely N-dealkylation sites (tertiary alicyclic amines) is 1. The minimum Gasteiger partial charge on any atom is -0.494 e. The molecule has 1 atom stereocenters. The van der Waals surface area contributed by atoms with Gasteiger partial charge in [-0.25, -0.2) is 15.0 Å². The molecule has 4 aromatic rings. The first-order valence-corrected chi connectivity index (χ1v) is 17.6. The van der Waals surface area contributed by atoms with Gasteiger partial charge in [-0.05, 0) is 42.0 Å². The van der Waals surface area contributed by atoms with E-state index in [-0.39, 0.29) is 43.2 Å². The van der Waals surface area contributed by atoms with Crippen LogP contribution < -0.4 is 10.1 Å². The molecule has 10 nitrogen and oxygen atoms in total. The van der Waals surface area contributed by atoms with Crippen molar-refractivity contribution in [3.05, 3.63) is 82.6 Å². The molecule has 1 fully saturated rings. The number of carbonyl (C=O) groups is 3. The van der Waals surface area contributed by atoms with Gasteiger partial charge in [-0.1, -0.05) is 71.0 Å². The van der Waals surface area contributed by atoms with Crippen LogP contribution in [-0.2, 0) is 32.6 Å². The number of amides is 2. The first-order valence-electron chi connectivity index (χ1n) is 16.8. The van der Waals surface area contributed by atoms with E-state index in [0.717, 1.165) is 45.9 Å². The number of ether oxygens (including phenoxy) is 1. The van der Waals surface area contributed by atoms with Crippen LogP contribution in [0, 0.1) is 11.8 Å². The number of carboxylic acid groups (broad SMARTS) is 1. The van der Waals surface area contributed by atoms with Crippen molar-refractivity contribution in [2.45, 2.75) is 71.8 Å². The van der Waals surface area contributed by atoms with Crippen LogP contribution in [-0.4, -0.2) is 68.5 Å². The normalized spacial score (nSPS) is 14.0. The molecule has 2 N–H and O–H groups in total. The highest BCUT2D eigenvalue weighted by molar-refractivity contribution is 7.09. The number of thiazole rings is 1. The van der Waals surface area contributed by atoms with E-state index in [0.29, 0.717) is 24.0 Å². The Hall–Kier alpha value is -4.64. The van der Waals surface area contributed by atoms with Gasteiger partial charge in [-0.15, -0.1) is 11.3 Å². The lowest BCUT2D eigenvalue weighted by Crippen LogP contribution is -2.59. The van der Waals surface area contributed by atoms with Crippen molar-refractivity contribution in [1.29, 1.82) is 0 Å². The Morgan fingerprint density at radius 1 is 0.980 bits per heavy atom. The average Bonchev–Trinajstić information content (AvgIpc) is 3.52. The van der Waals surface area contributed by atoms with E-state index in [9.17, 15) is 19.5 Å². The van der Waals surface area contributed by atoms with E-state index in [4.69, 9.17) is 4.74 Å². The molecule has 0 aliphatic carbocycles. The summed E-state index contributed by atoms with van der Waals surface area (Å²) >= 11 is 1.51. The van der Waals surface area contributed by atoms with E-state index in [1.807, 2.05) is 53.9 Å². The molecule has 258 valence electrons. The third-order valence-corrected chi connectivity index (χ3v) is 9.71. The molecule has 2 aromatic carbocycles. The Kier molecular flexibility index (Phi) is 11.4. The van der Waals surface area contributed by atoms with Crippen LogP contribution in [0.1, 0.15) is 63.7 Å². The standard InChI is InChI=1S/C38H45N5O5S/c1-24(2)7-6-16-48-31-14-12-26(13-15-31)28-19-39-34(40-20-28)27-10-8-25(9-11-27)17-32(35(45)43-21-29(22-43)36(46)47)42-33(44)18-30-23-49-37(41-30)38(3,4)5/h8-15,19-20,23-24,29,32H,6-7,16-18,21-22H2,1-5H3,(H,42,44)(H,46,47)/t32-/m0/s1. The van der Waals surface area contributed by atoms with Crippen LogP contribution in [0.4, 0.5) is 0 Å². The van der Waals surface area contributed by atoms with Gasteiger partial charge in [-0.2, -0.15) is 0 Å². The third-order valence-electron chi connectivity index (χ3n) is 8.40. The van der Waals surface area contributed by atoms with Crippen molar-refractivity contribution < 1.29 is 24.2 Å². The minimum absolute atomic E-state index is 0.0523. The van der Waals surface area contributed by atoms with Gasteiger partial charge in [-0.3, -0.25) is 14.4 Å². The molecular formula is C38H45N5O5S. The number of nitrogens with one attached hydrogen (secondary N) is 1. The third kappa shape index (κ3) is 9.72. The Morgan fingerprint density at radius 2 is 1.63 bits per heavy atom. The summed E-state index contributed by atoms with van der Waals surface area (Å²) in [5.41, 5.74) is 4.08. The molecule has 5 rings (SSSR count). The number of aliphatic carboxylic acids is 1.